The Morgan fingerprint density at radius 3 is 1.64 bits per heavy atom. The van der Waals surface area contributed by atoms with E-state index in [4.69, 9.17) is 9.97 Å². The Hall–Kier alpha value is -7.14. The molecule has 3 aromatic heterocycles. The standard InChI is InChI=1S/C52H33N3S/c1-4-14-34(15-5-1)36-18-13-21-41(31-36)49-51-50(54-52(53-49)35-16-6-2-7-17-35)45-29-27-40(33-48(45)56-51)38-20-12-19-37(30-38)39-26-28-44-43-24-10-11-25-46(43)55(47(44)32-39)42-22-8-3-9-23-42/h1-33H. The van der Waals surface area contributed by atoms with Gasteiger partial charge in [-0.15, -0.1) is 11.3 Å². The number of hydrogen-bond donors (Lipinski definition) is 0. The Kier molecular flexibility index (Phi) is 7.68. The van der Waals surface area contributed by atoms with E-state index in [1.165, 1.54) is 59.9 Å². The quantitative estimate of drug-likeness (QED) is 0.170. The summed E-state index contributed by atoms with van der Waals surface area (Å²) in [5.74, 6) is 0.734. The molecule has 0 aliphatic heterocycles. The van der Waals surface area contributed by atoms with Crippen molar-refractivity contribution in [3.05, 3.63) is 200 Å². The van der Waals surface area contributed by atoms with Crippen molar-refractivity contribution in [2.24, 2.45) is 0 Å². The molecule has 0 atom stereocenters. The van der Waals surface area contributed by atoms with Crippen LogP contribution in [0, 0.1) is 0 Å². The van der Waals surface area contributed by atoms with Crippen LogP contribution < -0.4 is 0 Å². The molecule has 262 valence electrons. The lowest BCUT2D eigenvalue weighted by molar-refractivity contribution is 1.18. The molecule has 11 aromatic rings. The van der Waals surface area contributed by atoms with Gasteiger partial charge in [0.15, 0.2) is 5.82 Å². The highest BCUT2D eigenvalue weighted by atomic mass is 32.1. The highest BCUT2D eigenvalue weighted by Crippen LogP contribution is 2.42. The summed E-state index contributed by atoms with van der Waals surface area (Å²) in [7, 11) is 0. The number of nitrogens with zero attached hydrogens (tertiary/aromatic N) is 3. The molecule has 0 N–H and O–H groups in total. The number of rotatable bonds is 6. The lowest BCUT2D eigenvalue weighted by atomic mass is 9.97. The second kappa shape index (κ2) is 13.3. The van der Waals surface area contributed by atoms with Gasteiger partial charge in [-0.3, -0.25) is 0 Å². The van der Waals surface area contributed by atoms with Crippen molar-refractivity contribution in [1.82, 2.24) is 14.5 Å². The Balaban J connectivity index is 1.03. The number of para-hydroxylation sites is 2. The van der Waals surface area contributed by atoms with E-state index in [0.29, 0.717) is 0 Å². The minimum atomic E-state index is 0.734. The number of hydrogen-bond acceptors (Lipinski definition) is 3. The number of aromatic nitrogens is 3. The van der Waals surface area contributed by atoms with Gasteiger partial charge in [-0.25, -0.2) is 9.97 Å². The summed E-state index contributed by atoms with van der Waals surface area (Å²) < 4.78 is 4.67. The van der Waals surface area contributed by atoms with Gasteiger partial charge in [0.05, 0.1) is 26.9 Å². The van der Waals surface area contributed by atoms with Gasteiger partial charge in [0.25, 0.3) is 0 Å². The van der Waals surface area contributed by atoms with Crippen LogP contribution in [0.2, 0.25) is 0 Å². The van der Waals surface area contributed by atoms with Crippen LogP contribution in [0.3, 0.4) is 0 Å². The maximum atomic E-state index is 5.26. The first-order chi connectivity index (χ1) is 27.7. The molecule has 0 saturated heterocycles. The molecule has 0 aliphatic carbocycles. The van der Waals surface area contributed by atoms with E-state index >= 15 is 0 Å². The van der Waals surface area contributed by atoms with Gasteiger partial charge in [0.1, 0.15) is 0 Å². The van der Waals surface area contributed by atoms with Crippen molar-refractivity contribution in [2.45, 2.75) is 0 Å². The van der Waals surface area contributed by atoms with Crippen molar-refractivity contribution in [1.29, 1.82) is 0 Å². The third kappa shape index (κ3) is 5.50. The number of thiophene rings is 1. The fourth-order valence-corrected chi connectivity index (χ4v) is 9.29. The van der Waals surface area contributed by atoms with Crippen molar-refractivity contribution in [2.75, 3.05) is 0 Å². The van der Waals surface area contributed by atoms with E-state index < -0.39 is 0 Å². The molecule has 8 aromatic carbocycles. The van der Waals surface area contributed by atoms with Gasteiger partial charge in [-0.2, -0.15) is 0 Å². The van der Waals surface area contributed by atoms with Gasteiger partial charge in [-0.05, 0) is 75.8 Å². The van der Waals surface area contributed by atoms with Crippen LogP contribution in [0.15, 0.2) is 200 Å². The lowest BCUT2D eigenvalue weighted by Crippen LogP contribution is -1.93. The van der Waals surface area contributed by atoms with Gasteiger partial charge in [0, 0.05) is 37.7 Å². The first-order valence-electron chi connectivity index (χ1n) is 18.9. The third-order valence-electron chi connectivity index (χ3n) is 10.8. The maximum absolute atomic E-state index is 5.26. The Morgan fingerprint density at radius 2 is 0.893 bits per heavy atom. The molecule has 0 amide bonds. The van der Waals surface area contributed by atoms with Crippen LogP contribution in [-0.4, -0.2) is 14.5 Å². The summed E-state index contributed by atoms with van der Waals surface area (Å²) in [6.07, 6.45) is 0. The SMILES string of the molecule is c1ccc(-c2cccc(-c3nc(-c4ccccc4)nc4c3sc3cc(-c5cccc(-c6ccc7c8ccccc8n(-c8ccccc8)c7c6)c5)ccc34)c2)cc1. The summed E-state index contributed by atoms with van der Waals surface area (Å²) in [5, 5.41) is 3.66. The minimum absolute atomic E-state index is 0.734. The summed E-state index contributed by atoms with van der Waals surface area (Å²) in [4.78, 5) is 10.5. The summed E-state index contributed by atoms with van der Waals surface area (Å²) in [6, 6.07) is 71.5. The Labute approximate surface area is 328 Å². The van der Waals surface area contributed by atoms with E-state index in [1.807, 2.05) is 18.2 Å². The van der Waals surface area contributed by atoms with Gasteiger partial charge < -0.3 is 4.57 Å². The van der Waals surface area contributed by atoms with Crippen LogP contribution in [0.5, 0.6) is 0 Å². The molecule has 0 spiro atoms. The number of fused-ring (bicyclic) bond motifs is 6. The molecule has 0 aliphatic rings. The normalized spacial score (nSPS) is 11.6. The van der Waals surface area contributed by atoms with Crippen LogP contribution in [0.1, 0.15) is 0 Å². The molecular formula is C52H33N3S. The zero-order chi connectivity index (χ0) is 37.0. The van der Waals surface area contributed by atoms with Crippen molar-refractivity contribution in [3.63, 3.8) is 0 Å². The molecule has 0 radical (unpaired) electrons. The van der Waals surface area contributed by atoms with Crippen molar-refractivity contribution < 1.29 is 0 Å². The van der Waals surface area contributed by atoms with E-state index in [1.54, 1.807) is 11.3 Å². The minimum Gasteiger partial charge on any atom is -0.309 e. The first kappa shape index (κ1) is 32.3. The molecule has 4 heteroatoms. The summed E-state index contributed by atoms with van der Waals surface area (Å²) in [6.45, 7) is 0. The highest BCUT2D eigenvalue weighted by Gasteiger charge is 2.18. The van der Waals surface area contributed by atoms with Gasteiger partial charge in [-0.1, -0.05) is 158 Å². The average Bonchev–Trinajstić information content (AvgIpc) is 3.82. The fourth-order valence-electron chi connectivity index (χ4n) is 8.09. The van der Waals surface area contributed by atoms with Gasteiger partial charge >= 0.3 is 0 Å². The van der Waals surface area contributed by atoms with Crippen LogP contribution in [-0.2, 0) is 0 Å². The second-order valence-corrected chi connectivity index (χ2v) is 15.3. The molecule has 3 nitrogen and oxygen atoms in total. The molecular weight excluding hydrogens is 699 g/mol. The molecule has 11 rings (SSSR count). The Morgan fingerprint density at radius 1 is 0.357 bits per heavy atom. The zero-order valence-corrected chi connectivity index (χ0v) is 31.1. The van der Waals surface area contributed by atoms with Crippen molar-refractivity contribution in [3.8, 4) is 61.7 Å². The molecule has 0 saturated carbocycles. The molecule has 0 fully saturated rings. The Bertz CT molecular complexity index is 3240. The van der Waals surface area contributed by atoms with E-state index in [-0.39, 0.29) is 0 Å². The van der Waals surface area contributed by atoms with Crippen LogP contribution in [0.25, 0.3) is 104 Å². The third-order valence-corrected chi connectivity index (χ3v) is 12.0. The molecule has 0 unspecified atom stereocenters. The van der Waals surface area contributed by atoms with E-state index in [2.05, 4.69) is 187 Å². The molecule has 56 heavy (non-hydrogen) atoms. The predicted octanol–water partition coefficient (Wildman–Crippen LogP) is 14.3. The highest BCUT2D eigenvalue weighted by molar-refractivity contribution is 7.26. The number of benzene rings is 8. The largest absolute Gasteiger partial charge is 0.309 e. The summed E-state index contributed by atoms with van der Waals surface area (Å²) in [5.41, 5.74) is 14.7. The molecule has 0 bridgehead atoms. The second-order valence-electron chi connectivity index (χ2n) is 14.2. The molecule has 3 heterocycles. The lowest BCUT2D eigenvalue weighted by Gasteiger charge is -2.10. The van der Waals surface area contributed by atoms with E-state index in [9.17, 15) is 0 Å². The van der Waals surface area contributed by atoms with Crippen LogP contribution in [0.4, 0.5) is 0 Å². The van der Waals surface area contributed by atoms with Crippen LogP contribution >= 0.6 is 11.3 Å². The first-order valence-corrected chi connectivity index (χ1v) is 19.7. The van der Waals surface area contributed by atoms with Gasteiger partial charge in [0.2, 0.25) is 0 Å². The van der Waals surface area contributed by atoms with Crippen molar-refractivity contribution >= 4 is 53.4 Å². The van der Waals surface area contributed by atoms with E-state index in [0.717, 1.165) is 43.9 Å². The maximum Gasteiger partial charge on any atom is 0.160 e. The smallest absolute Gasteiger partial charge is 0.160 e. The average molecular weight is 732 g/mol. The fraction of sp³-hybridized carbons (Fsp3) is 0. The summed E-state index contributed by atoms with van der Waals surface area (Å²) >= 11 is 1.77. The topological polar surface area (TPSA) is 30.7 Å². The zero-order valence-electron chi connectivity index (χ0n) is 30.3. The predicted molar refractivity (Wildman–Crippen MR) is 236 cm³/mol. The monoisotopic (exact) mass is 731 g/mol.